The number of aliphatic hydroxyl groups excluding tert-OH is 1. The van der Waals surface area contributed by atoms with Gasteiger partial charge in [0.2, 0.25) is 0 Å². The Morgan fingerprint density at radius 2 is 2.31 bits per heavy atom. The topological polar surface area (TPSA) is 45.6 Å². The summed E-state index contributed by atoms with van der Waals surface area (Å²) in [6, 6.07) is 0. The SMILES string of the molecule is COCCN(Cc1nccs1)C(C)(C)CO. The van der Waals surface area contributed by atoms with Crippen molar-refractivity contribution < 1.29 is 9.84 Å². The first-order valence-electron chi connectivity index (χ1n) is 5.33. The number of thiazole rings is 1. The summed E-state index contributed by atoms with van der Waals surface area (Å²) in [5, 5.41) is 12.4. The number of aliphatic hydroxyl groups is 1. The first-order chi connectivity index (χ1) is 7.60. The standard InChI is InChI=1S/C11H20N2O2S/c1-11(2,9-14)13(5-6-15-3)8-10-12-4-7-16-10/h4,7,14H,5-6,8-9H2,1-3H3. The molecular weight excluding hydrogens is 224 g/mol. The van der Waals surface area contributed by atoms with Crippen molar-refractivity contribution in [1.29, 1.82) is 0 Å². The van der Waals surface area contributed by atoms with Gasteiger partial charge in [-0.25, -0.2) is 4.98 Å². The largest absolute Gasteiger partial charge is 0.394 e. The van der Waals surface area contributed by atoms with Crippen LogP contribution in [0.25, 0.3) is 0 Å². The number of aromatic nitrogens is 1. The Hall–Kier alpha value is -0.490. The summed E-state index contributed by atoms with van der Waals surface area (Å²) in [4.78, 5) is 6.46. The third-order valence-electron chi connectivity index (χ3n) is 2.62. The molecule has 0 aliphatic heterocycles. The summed E-state index contributed by atoms with van der Waals surface area (Å²) in [5.41, 5.74) is -0.246. The van der Waals surface area contributed by atoms with Crippen LogP contribution in [0.4, 0.5) is 0 Å². The maximum absolute atomic E-state index is 9.39. The van der Waals surface area contributed by atoms with Gasteiger partial charge in [-0.15, -0.1) is 11.3 Å². The fourth-order valence-electron chi connectivity index (χ4n) is 1.39. The molecule has 92 valence electrons. The molecule has 4 nitrogen and oxygen atoms in total. The van der Waals surface area contributed by atoms with Crippen LogP contribution >= 0.6 is 11.3 Å². The van der Waals surface area contributed by atoms with Crippen molar-refractivity contribution in [3.05, 3.63) is 16.6 Å². The normalized spacial score (nSPS) is 12.3. The molecule has 0 unspecified atom stereocenters. The van der Waals surface area contributed by atoms with Gasteiger partial charge in [0, 0.05) is 30.8 Å². The van der Waals surface area contributed by atoms with E-state index in [0.29, 0.717) is 6.61 Å². The van der Waals surface area contributed by atoms with E-state index in [1.54, 1.807) is 24.6 Å². The van der Waals surface area contributed by atoms with Crippen LogP contribution in [0.3, 0.4) is 0 Å². The van der Waals surface area contributed by atoms with E-state index in [2.05, 4.69) is 9.88 Å². The van der Waals surface area contributed by atoms with E-state index in [-0.39, 0.29) is 12.1 Å². The zero-order valence-corrected chi connectivity index (χ0v) is 11.0. The van der Waals surface area contributed by atoms with Gasteiger partial charge in [-0.3, -0.25) is 4.90 Å². The molecule has 5 heteroatoms. The molecule has 1 heterocycles. The van der Waals surface area contributed by atoms with Gasteiger partial charge in [0.1, 0.15) is 5.01 Å². The van der Waals surface area contributed by atoms with E-state index in [4.69, 9.17) is 4.74 Å². The highest BCUT2D eigenvalue weighted by Gasteiger charge is 2.26. The third kappa shape index (κ3) is 3.83. The zero-order valence-electron chi connectivity index (χ0n) is 10.1. The van der Waals surface area contributed by atoms with Crippen LogP contribution in [-0.2, 0) is 11.3 Å². The van der Waals surface area contributed by atoms with Crippen molar-refractivity contribution in [3.8, 4) is 0 Å². The summed E-state index contributed by atoms with van der Waals surface area (Å²) in [6.45, 7) is 6.39. The zero-order chi connectivity index (χ0) is 12.0. The Bertz CT molecular complexity index is 288. The van der Waals surface area contributed by atoms with Gasteiger partial charge < -0.3 is 9.84 Å². The number of hydrogen-bond acceptors (Lipinski definition) is 5. The minimum Gasteiger partial charge on any atom is -0.394 e. The monoisotopic (exact) mass is 244 g/mol. The van der Waals surface area contributed by atoms with Gasteiger partial charge in [-0.2, -0.15) is 0 Å². The van der Waals surface area contributed by atoms with Crippen molar-refractivity contribution in [3.63, 3.8) is 0 Å². The Balaban J connectivity index is 2.63. The second-order valence-electron chi connectivity index (χ2n) is 4.31. The molecule has 16 heavy (non-hydrogen) atoms. The van der Waals surface area contributed by atoms with Crippen LogP contribution in [-0.4, -0.2) is 47.4 Å². The second kappa shape index (κ2) is 6.30. The van der Waals surface area contributed by atoms with Crippen molar-refractivity contribution in [2.24, 2.45) is 0 Å². The highest BCUT2D eigenvalue weighted by atomic mass is 32.1. The molecule has 0 amide bonds. The van der Waals surface area contributed by atoms with Crippen molar-refractivity contribution in [1.82, 2.24) is 9.88 Å². The van der Waals surface area contributed by atoms with Gasteiger partial charge in [-0.05, 0) is 13.8 Å². The molecule has 0 atom stereocenters. The fraction of sp³-hybridized carbons (Fsp3) is 0.727. The highest BCUT2D eigenvalue weighted by Crippen LogP contribution is 2.18. The summed E-state index contributed by atoms with van der Waals surface area (Å²) >= 11 is 1.64. The summed E-state index contributed by atoms with van der Waals surface area (Å²) in [6.07, 6.45) is 1.81. The average Bonchev–Trinajstić information content (AvgIpc) is 2.76. The molecule has 0 radical (unpaired) electrons. The minimum atomic E-state index is -0.246. The van der Waals surface area contributed by atoms with Gasteiger partial charge in [0.05, 0.1) is 19.8 Å². The average molecular weight is 244 g/mol. The van der Waals surface area contributed by atoms with Crippen LogP contribution < -0.4 is 0 Å². The Labute approximate surface area is 101 Å². The molecule has 0 saturated carbocycles. The lowest BCUT2D eigenvalue weighted by atomic mass is 10.0. The van der Waals surface area contributed by atoms with E-state index < -0.39 is 0 Å². The van der Waals surface area contributed by atoms with Crippen LogP contribution in [0, 0.1) is 0 Å². The Morgan fingerprint density at radius 3 is 2.81 bits per heavy atom. The second-order valence-corrected chi connectivity index (χ2v) is 5.29. The molecule has 0 saturated heterocycles. The van der Waals surface area contributed by atoms with E-state index in [9.17, 15) is 5.11 Å². The van der Waals surface area contributed by atoms with E-state index in [1.165, 1.54) is 0 Å². The first-order valence-corrected chi connectivity index (χ1v) is 6.21. The van der Waals surface area contributed by atoms with Gasteiger partial charge in [0.25, 0.3) is 0 Å². The predicted molar refractivity (Wildman–Crippen MR) is 65.6 cm³/mol. The summed E-state index contributed by atoms with van der Waals surface area (Å²) in [7, 11) is 1.69. The molecule has 0 bridgehead atoms. The molecule has 1 aromatic heterocycles. The molecule has 0 spiro atoms. The maximum Gasteiger partial charge on any atom is 0.107 e. The predicted octanol–water partition coefficient (Wildman–Crippen LogP) is 1.36. The lowest BCUT2D eigenvalue weighted by molar-refractivity contribution is 0.0298. The number of rotatable bonds is 7. The molecule has 1 N–H and O–H groups in total. The highest BCUT2D eigenvalue weighted by molar-refractivity contribution is 7.09. The van der Waals surface area contributed by atoms with Crippen LogP contribution in [0.5, 0.6) is 0 Å². The van der Waals surface area contributed by atoms with E-state index >= 15 is 0 Å². The molecule has 1 aromatic rings. The molecule has 0 aliphatic rings. The number of nitrogens with zero attached hydrogens (tertiary/aromatic N) is 2. The molecule has 0 aromatic carbocycles. The smallest absolute Gasteiger partial charge is 0.107 e. The Morgan fingerprint density at radius 1 is 1.56 bits per heavy atom. The quantitative estimate of drug-likeness (QED) is 0.786. The molecule has 0 aliphatic carbocycles. The van der Waals surface area contributed by atoms with Crippen LogP contribution in [0.15, 0.2) is 11.6 Å². The lowest BCUT2D eigenvalue weighted by Crippen LogP contribution is -2.47. The summed E-state index contributed by atoms with van der Waals surface area (Å²) < 4.78 is 5.09. The molecule has 0 fully saturated rings. The number of ether oxygens (including phenoxy) is 1. The van der Waals surface area contributed by atoms with E-state index in [0.717, 1.165) is 18.1 Å². The summed E-state index contributed by atoms with van der Waals surface area (Å²) in [5.74, 6) is 0. The molecule has 1 rings (SSSR count). The fourth-order valence-corrected chi connectivity index (χ4v) is 2.02. The van der Waals surface area contributed by atoms with Crippen LogP contribution in [0.1, 0.15) is 18.9 Å². The maximum atomic E-state index is 9.39. The lowest BCUT2D eigenvalue weighted by Gasteiger charge is -2.36. The minimum absolute atomic E-state index is 0.127. The van der Waals surface area contributed by atoms with E-state index in [1.807, 2.05) is 19.2 Å². The number of methoxy groups -OCH3 is 1. The van der Waals surface area contributed by atoms with Gasteiger partial charge in [0.15, 0.2) is 0 Å². The van der Waals surface area contributed by atoms with Crippen molar-refractivity contribution in [2.45, 2.75) is 25.9 Å². The third-order valence-corrected chi connectivity index (χ3v) is 3.38. The van der Waals surface area contributed by atoms with Crippen molar-refractivity contribution in [2.75, 3.05) is 26.9 Å². The van der Waals surface area contributed by atoms with Crippen LogP contribution in [0.2, 0.25) is 0 Å². The van der Waals surface area contributed by atoms with Gasteiger partial charge >= 0.3 is 0 Å². The van der Waals surface area contributed by atoms with Gasteiger partial charge in [-0.1, -0.05) is 0 Å². The Kier molecular flexibility index (Phi) is 5.34. The number of hydrogen-bond donors (Lipinski definition) is 1. The molecular formula is C11H20N2O2S. The first kappa shape index (κ1) is 13.6. The van der Waals surface area contributed by atoms with Crippen molar-refractivity contribution >= 4 is 11.3 Å².